The zero-order valence-corrected chi connectivity index (χ0v) is 12.8. The monoisotopic (exact) mass is 292 g/mol. The Morgan fingerprint density at radius 2 is 2.00 bits per heavy atom. The average Bonchev–Trinajstić information content (AvgIpc) is 3.19. The fourth-order valence-corrected chi connectivity index (χ4v) is 5.21. The number of thiazole rings is 1. The van der Waals surface area contributed by atoms with Gasteiger partial charge < -0.3 is 10.6 Å². The highest BCUT2D eigenvalue weighted by Gasteiger charge is 2.46. The first-order valence-corrected chi connectivity index (χ1v) is 8.81. The van der Waals surface area contributed by atoms with Gasteiger partial charge in [0.1, 0.15) is 0 Å². The third-order valence-corrected chi connectivity index (χ3v) is 6.52. The molecule has 20 heavy (non-hydrogen) atoms. The van der Waals surface area contributed by atoms with Gasteiger partial charge in [0, 0.05) is 50.3 Å². The van der Waals surface area contributed by atoms with Crippen molar-refractivity contribution in [1.29, 1.82) is 0 Å². The normalized spacial score (nSPS) is 37.8. The smallest absolute Gasteiger partial charge is 0.185 e. The first kappa shape index (κ1) is 13.0. The van der Waals surface area contributed by atoms with Crippen LogP contribution in [0.1, 0.15) is 19.3 Å². The Balaban J connectivity index is 1.32. The first-order chi connectivity index (χ1) is 9.81. The molecule has 4 nitrogen and oxygen atoms in total. The van der Waals surface area contributed by atoms with Crippen LogP contribution in [0.15, 0.2) is 11.6 Å². The van der Waals surface area contributed by atoms with Gasteiger partial charge in [-0.05, 0) is 37.0 Å². The van der Waals surface area contributed by atoms with Crippen LogP contribution in [0.2, 0.25) is 0 Å². The fourth-order valence-electron chi connectivity index (χ4n) is 4.52. The van der Waals surface area contributed by atoms with Crippen molar-refractivity contribution in [3.05, 3.63) is 11.6 Å². The number of nitrogens with zero attached hydrogens (tertiary/aromatic N) is 3. The van der Waals surface area contributed by atoms with E-state index in [0.717, 1.165) is 30.8 Å². The molecule has 2 N–H and O–H groups in total. The van der Waals surface area contributed by atoms with Crippen LogP contribution in [0, 0.1) is 17.8 Å². The summed E-state index contributed by atoms with van der Waals surface area (Å²) in [4.78, 5) is 9.47. The van der Waals surface area contributed by atoms with Crippen molar-refractivity contribution in [1.82, 2.24) is 9.88 Å². The van der Waals surface area contributed by atoms with Crippen molar-refractivity contribution in [2.75, 3.05) is 37.6 Å². The standard InChI is InChI=1S/C15H24N4S/c16-14-12-2-1-11(9-12)13(14)10-18-4-6-19(7-5-18)15-17-3-8-20-15/h3,8,11-14H,1-2,4-7,9-10,16H2. The molecule has 4 unspecified atom stereocenters. The Hall–Kier alpha value is -0.650. The average molecular weight is 292 g/mol. The molecular weight excluding hydrogens is 268 g/mol. The Kier molecular flexibility index (Phi) is 3.44. The second kappa shape index (κ2) is 5.28. The summed E-state index contributed by atoms with van der Waals surface area (Å²) in [5.41, 5.74) is 6.44. The molecule has 1 aromatic heterocycles. The van der Waals surface area contributed by atoms with Gasteiger partial charge in [0.25, 0.3) is 0 Å². The highest BCUT2D eigenvalue weighted by atomic mass is 32.1. The lowest BCUT2D eigenvalue weighted by Gasteiger charge is -2.38. The summed E-state index contributed by atoms with van der Waals surface area (Å²) in [6, 6.07) is 0.478. The highest BCUT2D eigenvalue weighted by molar-refractivity contribution is 7.13. The minimum Gasteiger partial charge on any atom is -0.346 e. The lowest BCUT2D eigenvalue weighted by atomic mass is 9.84. The molecule has 2 aliphatic carbocycles. The van der Waals surface area contributed by atoms with E-state index in [4.69, 9.17) is 5.73 Å². The molecule has 0 radical (unpaired) electrons. The molecule has 0 spiro atoms. The molecule has 1 aliphatic heterocycles. The molecule has 110 valence electrons. The van der Waals surface area contributed by atoms with Crippen LogP contribution in [0.3, 0.4) is 0 Å². The van der Waals surface area contributed by atoms with E-state index >= 15 is 0 Å². The van der Waals surface area contributed by atoms with Gasteiger partial charge in [-0.3, -0.25) is 4.90 Å². The van der Waals surface area contributed by atoms with Crippen LogP contribution >= 0.6 is 11.3 Å². The molecule has 2 saturated carbocycles. The molecule has 3 fully saturated rings. The number of anilines is 1. The van der Waals surface area contributed by atoms with Gasteiger partial charge in [0.2, 0.25) is 0 Å². The van der Waals surface area contributed by atoms with Gasteiger partial charge in [0.15, 0.2) is 5.13 Å². The van der Waals surface area contributed by atoms with Crippen LogP contribution in [-0.4, -0.2) is 48.6 Å². The summed E-state index contributed by atoms with van der Waals surface area (Å²) < 4.78 is 0. The molecule has 1 saturated heterocycles. The van der Waals surface area contributed by atoms with E-state index in [0.29, 0.717) is 6.04 Å². The summed E-state index contributed by atoms with van der Waals surface area (Å²) in [5.74, 6) is 2.52. The topological polar surface area (TPSA) is 45.4 Å². The van der Waals surface area contributed by atoms with E-state index in [9.17, 15) is 0 Å². The second-order valence-electron chi connectivity index (χ2n) is 6.68. The third-order valence-electron chi connectivity index (χ3n) is 5.69. The molecule has 0 aromatic carbocycles. The number of piperazine rings is 1. The lowest BCUT2D eigenvalue weighted by molar-refractivity contribution is 0.167. The predicted molar refractivity (Wildman–Crippen MR) is 83.1 cm³/mol. The quantitative estimate of drug-likeness (QED) is 0.920. The molecule has 2 bridgehead atoms. The SMILES string of the molecule is NC1C2CCC(C2)C1CN1CCN(c2nccs2)CC1. The predicted octanol–water partition coefficient (Wildman–Crippen LogP) is 1.64. The Morgan fingerprint density at radius 1 is 1.20 bits per heavy atom. The Morgan fingerprint density at radius 3 is 2.65 bits per heavy atom. The van der Waals surface area contributed by atoms with Gasteiger partial charge in [-0.25, -0.2) is 4.98 Å². The zero-order chi connectivity index (χ0) is 13.5. The minimum atomic E-state index is 0.478. The van der Waals surface area contributed by atoms with E-state index in [1.807, 2.05) is 6.20 Å². The maximum atomic E-state index is 6.44. The minimum absolute atomic E-state index is 0.478. The van der Waals surface area contributed by atoms with Crippen molar-refractivity contribution >= 4 is 16.5 Å². The number of hydrogen-bond acceptors (Lipinski definition) is 5. The molecule has 0 amide bonds. The highest BCUT2D eigenvalue weighted by Crippen LogP contribution is 2.47. The van der Waals surface area contributed by atoms with Crippen molar-refractivity contribution in [3.63, 3.8) is 0 Å². The van der Waals surface area contributed by atoms with Crippen LogP contribution in [-0.2, 0) is 0 Å². The van der Waals surface area contributed by atoms with Crippen LogP contribution in [0.5, 0.6) is 0 Å². The van der Waals surface area contributed by atoms with Crippen LogP contribution in [0.25, 0.3) is 0 Å². The second-order valence-corrected chi connectivity index (χ2v) is 7.55. The van der Waals surface area contributed by atoms with Crippen molar-refractivity contribution < 1.29 is 0 Å². The van der Waals surface area contributed by atoms with E-state index < -0.39 is 0 Å². The molecular formula is C15H24N4S. The van der Waals surface area contributed by atoms with Crippen molar-refractivity contribution in [3.8, 4) is 0 Å². The Bertz CT molecular complexity index is 439. The van der Waals surface area contributed by atoms with Crippen LogP contribution < -0.4 is 10.6 Å². The maximum absolute atomic E-state index is 6.44. The number of hydrogen-bond donors (Lipinski definition) is 1. The van der Waals surface area contributed by atoms with Gasteiger partial charge in [-0.15, -0.1) is 11.3 Å². The summed E-state index contributed by atoms with van der Waals surface area (Å²) in [7, 11) is 0. The third kappa shape index (κ3) is 2.26. The molecule has 3 aliphatic rings. The number of fused-ring (bicyclic) bond motifs is 2. The van der Waals surface area contributed by atoms with Gasteiger partial charge in [-0.1, -0.05) is 0 Å². The van der Waals surface area contributed by atoms with Gasteiger partial charge >= 0.3 is 0 Å². The summed E-state index contributed by atoms with van der Waals surface area (Å²) in [5, 5.41) is 3.25. The van der Waals surface area contributed by atoms with Crippen LogP contribution in [0.4, 0.5) is 5.13 Å². The van der Waals surface area contributed by atoms with Crippen molar-refractivity contribution in [2.45, 2.75) is 25.3 Å². The largest absolute Gasteiger partial charge is 0.346 e. The van der Waals surface area contributed by atoms with Gasteiger partial charge in [-0.2, -0.15) is 0 Å². The van der Waals surface area contributed by atoms with E-state index in [2.05, 4.69) is 20.2 Å². The van der Waals surface area contributed by atoms with E-state index in [1.54, 1.807) is 11.3 Å². The molecule has 4 atom stereocenters. The number of nitrogens with two attached hydrogens (primary N) is 1. The molecule has 4 rings (SSSR count). The molecule has 5 heteroatoms. The van der Waals surface area contributed by atoms with Gasteiger partial charge in [0.05, 0.1) is 0 Å². The van der Waals surface area contributed by atoms with E-state index in [1.165, 1.54) is 44.0 Å². The zero-order valence-electron chi connectivity index (χ0n) is 11.9. The Labute approximate surface area is 125 Å². The fraction of sp³-hybridized carbons (Fsp3) is 0.800. The molecule has 2 heterocycles. The number of aromatic nitrogens is 1. The summed E-state index contributed by atoms with van der Waals surface area (Å²) >= 11 is 1.75. The first-order valence-electron chi connectivity index (χ1n) is 7.93. The lowest BCUT2D eigenvalue weighted by Crippen LogP contribution is -2.50. The number of rotatable bonds is 3. The van der Waals surface area contributed by atoms with E-state index in [-0.39, 0.29) is 0 Å². The molecule has 1 aromatic rings. The summed E-state index contributed by atoms with van der Waals surface area (Å²) in [6.07, 6.45) is 6.13. The summed E-state index contributed by atoms with van der Waals surface area (Å²) in [6.45, 7) is 5.79. The van der Waals surface area contributed by atoms with Crippen molar-refractivity contribution in [2.24, 2.45) is 23.5 Å². The maximum Gasteiger partial charge on any atom is 0.185 e.